The summed E-state index contributed by atoms with van der Waals surface area (Å²) in [5, 5.41) is 3.67. The summed E-state index contributed by atoms with van der Waals surface area (Å²) in [4.78, 5) is 30.7. The normalized spacial score (nSPS) is 10.5. The van der Waals surface area contributed by atoms with Crippen LogP contribution in [-0.4, -0.2) is 15.9 Å². The molecule has 0 aliphatic heterocycles. The van der Waals surface area contributed by atoms with Crippen molar-refractivity contribution in [1.29, 1.82) is 0 Å². The zero-order chi connectivity index (χ0) is 18.7. The molecule has 1 heterocycles. The molecule has 132 valence electrons. The summed E-state index contributed by atoms with van der Waals surface area (Å²) < 4.78 is 0. The lowest BCUT2D eigenvalue weighted by Crippen LogP contribution is -2.18. The molecule has 0 aliphatic rings. The topological polar surface area (TPSA) is 101 Å². The molecule has 0 aliphatic carbocycles. The van der Waals surface area contributed by atoms with Crippen molar-refractivity contribution in [2.75, 3.05) is 5.32 Å². The van der Waals surface area contributed by atoms with E-state index < -0.39 is 5.91 Å². The minimum Gasteiger partial charge on any atom is -0.366 e. The van der Waals surface area contributed by atoms with E-state index in [0.717, 1.165) is 5.56 Å². The number of nitrogens with two attached hydrogens (primary N) is 1. The summed E-state index contributed by atoms with van der Waals surface area (Å²) in [6, 6.07) is 13.9. The van der Waals surface area contributed by atoms with Crippen molar-refractivity contribution >= 4 is 29.1 Å². The van der Waals surface area contributed by atoms with E-state index in [9.17, 15) is 9.59 Å². The lowest BCUT2D eigenvalue weighted by atomic mass is 10.1. The van der Waals surface area contributed by atoms with Crippen molar-refractivity contribution in [3.8, 4) is 0 Å². The first kappa shape index (κ1) is 17.7. The molecule has 3 aromatic rings. The molecule has 1 aromatic heterocycles. The number of amides is 1. The number of aryl methyl sites for hydroxylation is 1. The van der Waals surface area contributed by atoms with Crippen LogP contribution in [0.2, 0.25) is 5.02 Å². The highest BCUT2D eigenvalue weighted by atomic mass is 35.5. The molecule has 4 N–H and O–H groups in total. The zero-order valence-corrected chi connectivity index (χ0v) is 14.8. The molecule has 7 heteroatoms. The van der Waals surface area contributed by atoms with Gasteiger partial charge in [0.05, 0.1) is 5.69 Å². The maximum Gasteiger partial charge on any atom is 0.256 e. The average Bonchev–Trinajstić information content (AvgIpc) is 2.60. The summed E-state index contributed by atoms with van der Waals surface area (Å²) in [6.45, 7) is 1.79. The summed E-state index contributed by atoms with van der Waals surface area (Å²) >= 11 is 5.89. The second kappa shape index (κ2) is 7.41. The minimum atomic E-state index is -0.495. The van der Waals surface area contributed by atoms with Crippen LogP contribution in [0.15, 0.2) is 53.3 Å². The number of benzene rings is 2. The van der Waals surface area contributed by atoms with Crippen molar-refractivity contribution in [2.24, 2.45) is 5.73 Å². The van der Waals surface area contributed by atoms with Gasteiger partial charge in [-0.25, -0.2) is 4.98 Å². The van der Waals surface area contributed by atoms with Crippen molar-refractivity contribution in [1.82, 2.24) is 9.97 Å². The summed E-state index contributed by atoms with van der Waals surface area (Å²) in [5.74, 6) is -0.162. The number of rotatable bonds is 5. The number of anilines is 2. The van der Waals surface area contributed by atoms with Crippen LogP contribution in [0.5, 0.6) is 0 Å². The van der Waals surface area contributed by atoms with Crippen LogP contribution in [0, 0.1) is 6.92 Å². The molecule has 0 unspecified atom stereocenters. The predicted molar refractivity (Wildman–Crippen MR) is 102 cm³/mol. The monoisotopic (exact) mass is 368 g/mol. The van der Waals surface area contributed by atoms with E-state index in [1.807, 2.05) is 12.1 Å². The Bertz CT molecular complexity index is 996. The molecule has 0 bridgehead atoms. The number of carbonyl (C=O) groups is 1. The molecule has 26 heavy (non-hydrogen) atoms. The lowest BCUT2D eigenvalue weighted by Gasteiger charge is -2.10. The fourth-order valence-electron chi connectivity index (χ4n) is 2.54. The van der Waals surface area contributed by atoms with Gasteiger partial charge in [-0.15, -0.1) is 0 Å². The number of nitrogens with zero attached hydrogens (tertiary/aromatic N) is 1. The first-order chi connectivity index (χ1) is 12.4. The zero-order valence-electron chi connectivity index (χ0n) is 14.0. The fraction of sp³-hybridized carbons (Fsp3) is 0.105. The number of hydrogen-bond donors (Lipinski definition) is 3. The molecular weight excluding hydrogens is 352 g/mol. The van der Waals surface area contributed by atoms with Gasteiger partial charge in [-0.1, -0.05) is 23.7 Å². The van der Waals surface area contributed by atoms with Gasteiger partial charge in [0.2, 0.25) is 11.9 Å². The molecule has 0 radical (unpaired) electrons. The summed E-state index contributed by atoms with van der Waals surface area (Å²) in [5.41, 5.74) is 8.32. The van der Waals surface area contributed by atoms with Gasteiger partial charge in [0, 0.05) is 28.3 Å². The van der Waals surface area contributed by atoms with Gasteiger partial charge in [0.15, 0.2) is 0 Å². The van der Waals surface area contributed by atoms with E-state index in [1.54, 1.807) is 43.3 Å². The van der Waals surface area contributed by atoms with E-state index in [0.29, 0.717) is 39.9 Å². The highest BCUT2D eigenvalue weighted by Crippen LogP contribution is 2.16. The number of carbonyl (C=O) groups excluding carboxylic acids is 1. The molecule has 3 rings (SSSR count). The Balaban J connectivity index is 1.81. The van der Waals surface area contributed by atoms with Crippen molar-refractivity contribution in [3.63, 3.8) is 0 Å². The molecule has 6 nitrogen and oxygen atoms in total. The van der Waals surface area contributed by atoms with Crippen molar-refractivity contribution < 1.29 is 4.79 Å². The summed E-state index contributed by atoms with van der Waals surface area (Å²) in [6.07, 6.45) is 0.471. The highest BCUT2D eigenvalue weighted by Gasteiger charge is 2.10. The second-order valence-corrected chi connectivity index (χ2v) is 6.28. The van der Waals surface area contributed by atoms with Crippen LogP contribution in [0.3, 0.4) is 0 Å². The number of aromatic nitrogens is 2. The average molecular weight is 369 g/mol. The van der Waals surface area contributed by atoms with Gasteiger partial charge < -0.3 is 11.1 Å². The van der Waals surface area contributed by atoms with Crippen LogP contribution in [0.25, 0.3) is 0 Å². The largest absolute Gasteiger partial charge is 0.366 e. The smallest absolute Gasteiger partial charge is 0.256 e. The number of halogens is 1. The molecular formula is C19H17ClN4O2. The Morgan fingerprint density at radius 3 is 2.38 bits per heavy atom. The van der Waals surface area contributed by atoms with E-state index >= 15 is 0 Å². The Labute approximate surface area is 155 Å². The fourth-order valence-corrected chi connectivity index (χ4v) is 2.66. The van der Waals surface area contributed by atoms with Crippen LogP contribution < -0.4 is 16.6 Å². The molecule has 0 fully saturated rings. The maximum absolute atomic E-state index is 12.4. The molecule has 0 atom stereocenters. The van der Waals surface area contributed by atoms with E-state index in [1.165, 1.54) is 0 Å². The van der Waals surface area contributed by atoms with Gasteiger partial charge in [-0.3, -0.25) is 14.6 Å². The molecule has 0 saturated carbocycles. The predicted octanol–water partition coefficient (Wildman–Crippen LogP) is 3.17. The highest BCUT2D eigenvalue weighted by molar-refractivity contribution is 6.30. The first-order valence-corrected chi connectivity index (χ1v) is 8.31. The first-order valence-electron chi connectivity index (χ1n) is 7.93. The van der Waals surface area contributed by atoms with Crippen molar-refractivity contribution in [3.05, 3.63) is 86.3 Å². The van der Waals surface area contributed by atoms with Crippen LogP contribution in [0.1, 0.15) is 27.2 Å². The molecule has 2 aromatic carbocycles. The SMILES string of the molecule is Cc1nc(Nc2ccc(C(N)=O)cc2)[nH]c(=O)c1Cc1ccc(Cl)cc1. The number of aromatic amines is 1. The Morgan fingerprint density at radius 2 is 1.81 bits per heavy atom. The lowest BCUT2D eigenvalue weighted by molar-refractivity contribution is 0.100. The third kappa shape index (κ3) is 4.10. The molecule has 1 amide bonds. The maximum atomic E-state index is 12.4. The summed E-state index contributed by atoms with van der Waals surface area (Å²) in [7, 11) is 0. The molecule has 0 saturated heterocycles. The minimum absolute atomic E-state index is 0.205. The Kier molecular flexibility index (Phi) is 5.04. The van der Waals surface area contributed by atoms with E-state index in [4.69, 9.17) is 17.3 Å². The van der Waals surface area contributed by atoms with Crippen LogP contribution in [0.4, 0.5) is 11.6 Å². The standard InChI is InChI=1S/C19H17ClN4O2/c1-11-16(10-12-2-6-14(20)7-3-12)18(26)24-19(22-11)23-15-8-4-13(5-9-15)17(21)25/h2-9H,10H2,1H3,(H2,21,25)(H2,22,23,24,26). The van der Waals surface area contributed by atoms with Crippen LogP contribution in [-0.2, 0) is 6.42 Å². The van der Waals surface area contributed by atoms with Gasteiger partial charge in [0.1, 0.15) is 0 Å². The quantitative estimate of drug-likeness (QED) is 0.643. The van der Waals surface area contributed by atoms with Crippen LogP contribution >= 0.6 is 11.6 Å². The van der Waals surface area contributed by atoms with E-state index in [-0.39, 0.29) is 5.56 Å². The number of primary amides is 1. The number of H-pyrrole nitrogens is 1. The van der Waals surface area contributed by atoms with Gasteiger partial charge in [0.25, 0.3) is 5.56 Å². The number of hydrogen-bond acceptors (Lipinski definition) is 4. The molecule has 0 spiro atoms. The van der Waals surface area contributed by atoms with Gasteiger partial charge in [-0.05, 0) is 48.9 Å². The second-order valence-electron chi connectivity index (χ2n) is 5.85. The van der Waals surface area contributed by atoms with Gasteiger partial charge >= 0.3 is 0 Å². The number of nitrogens with one attached hydrogen (secondary N) is 2. The van der Waals surface area contributed by atoms with Crippen molar-refractivity contribution in [2.45, 2.75) is 13.3 Å². The van der Waals surface area contributed by atoms with Gasteiger partial charge in [-0.2, -0.15) is 0 Å². The van der Waals surface area contributed by atoms with E-state index in [2.05, 4.69) is 15.3 Å². The third-order valence-electron chi connectivity index (χ3n) is 3.95. The Hall–Kier alpha value is -3.12. The Morgan fingerprint density at radius 1 is 1.15 bits per heavy atom. The third-order valence-corrected chi connectivity index (χ3v) is 4.20.